The lowest BCUT2D eigenvalue weighted by Crippen LogP contribution is -2.38. The van der Waals surface area contributed by atoms with Crippen molar-refractivity contribution in [2.24, 2.45) is 7.05 Å². The van der Waals surface area contributed by atoms with E-state index in [1.54, 1.807) is 19.4 Å². The summed E-state index contributed by atoms with van der Waals surface area (Å²) in [4.78, 5) is 27.2. The Bertz CT molecular complexity index is 441. The predicted octanol–water partition coefficient (Wildman–Crippen LogP) is -0.0447. The van der Waals surface area contributed by atoms with Crippen LogP contribution in [0, 0.1) is 0 Å². The Balaban J connectivity index is 2.23. The van der Waals surface area contributed by atoms with Gasteiger partial charge in [0, 0.05) is 31.3 Å². The minimum absolute atomic E-state index is 0.130. The molecule has 1 aromatic rings. The normalized spacial score (nSPS) is 23.5. The van der Waals surface area contributed by atoms with Crippen molar-refractivity contribution < 1.29 is 14.3 Å². The molecule has 0 spiro atoms. The van der Waals surface area contributed by atoms with E-state index in [2.05, 4.69) is 10.3 Å². The number of hydrogen-bond donors (Lipinski definition) is 1. The lowest BCUT2D eigenvalue weighted by atomic mass is 9.97. The van der Waals surface area contributed by atoms with E-state index in [1.807, 2.05) is 11.6 Å². The van der Waals surface area contributed by atoms with Crippen LogP contribution in [0.1, 0.15) is 25.0 Å². The highest BCUT2D eigenvalue weighted by molar-refractivity contribution is 5.90. The maximum absolute atomic E-state index is 11.7. The second-order valence-corrected chi connectivity index (χ2v) is 4.04. The average Bonchev–Trinajstić information content (AvgIpc) is 2.84. The third kappa shape index (κ3) is 2.15. The molecule has 1 aliphatic heterocycles. The van der Waals surface area contributed by atoms with Crippen molar-refractivity contribution in [1.82, 2.24) is 14.9 Å². The molecule has 1 saturated heterocycles. The minimum Gasteiger partial charge on any atom is -0.464 e. The number of rotatable bonds is 3. The fourth-order valence-electron chi connectivity index (χ4n) is 2.11. The van der Waals surface area contributed by atoms with E-state index in [9.17, 15) is 9.59 Å². The number of aromatic nitrogens is 2. The number of esters is 1. The average molecular weight is 237 g/mol. The Morgan fingerprint density at radius 1 is 1.71 bits per heavy atom. The highest BCUT2D eigenvalue weighted by atomic mass is 16.5. The van der Waals surface area contributed by atoms with E-state index in [-0.39, 0.29) is 17.8 Å². The molecule has 0 radical (unpaired) electrons. The van der Waals surface area contributed by atoms with Gasteiger partial charge in [0.15, 0.2) is 0 Å². The third-order valence-electron chi connectivity index (χ3n) is 2.90. The molecule has 2 heterocycles. The fourth-order valence-corrected chi connectivity index (χ4v) is 2.11. The Morgan fingerprint density at radius 3 is 3.06 bits per heavy atom. The third-order valence-corrected chi connectivity index (χ3v) is 2.90. The Kier molecular flexibility index (Phi) is 3.12. The number of nitrogens with zero attached hydrogens (tertiary/aromatic N) is 2. The topological polar surface area (TPSA) is 73.2 Å². The Labute approximate surface area is 99.0 Å². The first-order chi connectivity index (χ1) is 8.13. The van der Waals surface area contributed by atoms with Crippen LogP contribution in [0.3, 0.4) is 0 Å². The Hall–Kier alpha value is -1.85. The summed E-state index contributed by atoms with van der Waals surface area (Å²) in [5.41, 5.74) is 0.862. The van der Waals surface area contributed by atoms with Crippen LogP contribution in [0.4, 0.5) is 0 Å². The van der Waals surface area contributed by atoms with E-state index >= 15 is 0 Å². The summed E-state index contributed by atoms with van der Waals surface area (Å²) in [6, 6.07) is -0.599. The molecule has 2 rings (SSSR count). The second kappa shape index (κ2) is 4.57. The molecule has 6 heteroatoms. The number of ether oxygens (including phenoxy) is 1. The Morgan fingerprint density at radius 2 is 2.47 bits per heavy atom. The summed E-state index contributed by atoms with van der Waals surface area (Å²) in [5, 5.41) is 2.65. The van der Waals surface area contributed by atoms with Crippen LogP contribution >= 0.6 is 0 Å². The first-order valence-electron chi connectivity index (χ1n) is 5.55. The molecule has 17 heavy (non-hydrogen) atoms. The zero-order valence-electron chi connectivity index (χ0n) is 9.84. The van der Waals surface area contributed by atoms with Crippen molar-refractivity contribution in [3.8, 4) is 0 Å². The van der Waals surface area contributed by atoms with E-state index in [1.165, 1.54) is 0 Å². The molecule has 0 aliphatic carbocycles. The highest BCUT2D eigenvalue weighted by Gasteiger charge is 2.40. The van der Waals surface area contributed by atoms with Crippen LogP contribution in [0.2, 0.25) is 0 Å². The smallest absolute Gasteiger partial charge is 0.329 e. The molecule has 1 fully saturated rings. The van der Waals surface area contributed by atoms with E-state index < -0.39 is 6.04 Å². The predicted molar refractivity (Wildman–Crippen MR) is 59.1 cm³/mol. The van der Waals surface area contributed by atoms with Crippen LogP contribution in [0.5, 0.6) is 0 Å². The summed E-state index contributed by atoms with van der Waals surface area (Å²) in [5.74, 6) is -0.715. The number of carbonyl (C=O) groups is 2. The van der Waals surface area contributed by atoms with Crippen LogP contribution < -0.4 is 5.32 Å². The van der Waals surface area contributed by atoms with Gasteiger partial charge in [-0.3, -0.25) is 4.79 Å². The second-order valence-electron chi connectivity index (χ2n) is 4.04. The van der Waals surface area contributed by atoms with Gasteiger partial charge in [0.25, 0.3) is 0 Å². The molecule has 0 saturated carbocycles. The number of nitrogens with one attached hydrogen (secondary N) is 1. The van der Waals surface area contributed by atoms with E-state index in [0.29, 0.717) is 13.0 Å². The molecule has 6 nitrogen and oxygen atoms in total. The first kappa shape index (κ1) is 11.6. The lowest BCUT2D eigenvalue weighted by molar-refractivity contribution is -0.146. The summed E-state index contributed by atoms with van der Waals surface area (Å²) in [7, 11) is 1.84. The molecule has 1 amide bonds. The number of aryl methyl sites for hydroxylation is 1. The van der Waals surface area contributed by atoms with E-state index in [0.717, 1.165) is 5.69 Å². The van der Waals surface area contributed by atoms with Crippen molar-refractivity contribution >= 4 is 11.9 Å². The van der Waals surface area contributed by atoms with Crippen LogP contribution in [-0.2, 0) is 21.4 Å². The molecule has 1 N–H and O–H groups in total. The van der Waals surface area contributed by atoms with Gasteiger partial charge in [-0.05, 0) is 6.92 Å². The molecule has 2 atom stereocenters. The SMILES string of the molecule is CCOC(=O)C1NC(=O)CC1c1cncn1C. The molecule has 0 bridgehead atoms. The monoisotopic (exact) mass is 237 g/mol. The molecule has 1 aliphatic rings. The van der Waals surface area contributed by atoms with Crippen LogP contribution in [0.15, 0.2) is 12.5 Å². The number of carbonyl (C=O) groups excluding carboxylic acids is 2. The van der Waals surface area contributed by atoms with Gasteiger partial charge < -0.3 is 14.6 Å². The fraction of sp³-hybridized carbons (Fsp3) is 0.545. The molecular formula is C11H15N3O3. The quantitative estimate of drug-likeness (QED) is 0.748. The highest BCUT2D eigenvalue weighted by Crippen LogP contribution is 2.28. The van der Waals surface area contributed by atoms with Gasteiger partial charge in [0.1, 0.15) is 6.04 Å². The van der Waals surface area contributed by atoms with Crippen molar-refractivity contribution in [2.45, 2.75) is 25.3 Å². The molecule has 2 unspecified atom stereocenters. The van der Waals surface area contributed by atoms with Gasteiger partial charge in [0.05, 0.1) is 12.9 Å². The summed E-state index contributed by atoms with van der Waals surface area (Å²) in [6.45, 7) is 2.05. The van der Waals surface area contributed by atoms with Crippen molar-refractivity contribution in [1.29, 1.82) is 0 Å². The van der Waals surface area contributed by atoms with Gasteiger partial charge in [-0.15, -0.1) is 0 Å². The first-order valence-corrected chi connectivity index (χ1v) is 5.55. The summed E-state index contributed by atoms with van der Waals surface area (Å²) in [6.07, 6.45) is 3.63. The number of hydrogen-bond acceptors (Lipinski definition) is 4. The van der Waals surface area contributed by atoms with Gasteiger partial charge in [0.2, 0.25) is 5.91 Å². The molecule has 1 aromatic heterocycles. The lowest BCUT2D eigenvalue weighted by Gasteiger charge is -2.17. The zero-order chi connectivity index (χ0) is 12.4. The van der Waals surface area contributed by atoms with Crippen LogP contribution in [-0.4, -0.2) is 34.1 Å². The largest absolute Gasteiger partial charge is 0.464 e. The maximum atomic E-state index is 11.7. The number of imidazole rings is 1. The van der Waals surface area contributed by atoms with E-state index in [4.69, 9.17) is 4.74 Å². The minimum atomic E-state index is -0.599. The zero-order valence-corrected chi connectivity index (χ0v) is 9.84. The maximum Gasteiger partial charge on any atom is 0.329 e. The van der Waals surface area contributed by atoms with Gasteiger partial charge in [-0.2, -0.15) is 0 Å². The molecular weight excluding hydrogens is 222 g/mol. The van der Waals surface area contributed by atoms with Gasteiger partial charge >= 0.3 is 5.97 Å². The van der Waals surface area contributed by atoms with Crippen LogP contribution in [0.25, 0.3) is 0 Å². The molecule has 0 aromatic carbocycles. The van der Waals surface area contributed by atoms with Gasteiger partial charge in [-0.1, -0.05) is 0 Å². The summed E-state index contributed by atoms with van der Waals surface area (Å²) >= 11 is 0. The van der Waals surface area contributed by atoms with Crippen molar-refractivity contribution in [2.75, 3.05) is 6.61 Å². The molecule has 92 valence electrons. The number of amides is 1. The van der Waals surface area contributed by atoms with Crippen molar-refractivity contribution in [3.05, 3.63) is 18.2 Å². The van der Waals surface area contributed by atoms with Gasteiger partial charge in [-0.25, -0.2) is 9.78 Å². The van der Waals surface area contributed by atoms with Crippen molar-refractivity contribution in [3.63, 3.8) is 0 Å². The standard InChI is InChI=1S/C11H15N3O3/c1-3-17-11(16)10-7(4-9(15)13-10)8-5-12-6-14(8)2/h5-7,10H,3-4H2,1-2H3,(H,13,15). The summed E-state index contributed by atoms with van der Waals surface area (Å²) < 4.78 is 6.78.